The van der Waals surface area contributed by atoms with Gasteiger partial charge in [-0.15, -0.1) is 0 Å². The lowest BCUT2D eigenvalue weighted by Crippen LogP contribution is -2.24. The van der Waals surface area contributed by atoms with Gasteiger partial charge in [-0.2, -0.15) is 0 Å². The maximum atomic E-state index is 13.5. The molecule has 3 aromatic carbocycles. The van der Waals surface area contributed by atoms with Gasteiger partial charge in [0.1, 0.15) is 6.61 Å². The Balaban J connectivity index is 1.70. The van der Waals surface area contributed by atoms with Gasteiger partial charge in [-0.25, -0.2) is 4.79 Å². The molecule has 1 aliphatic heterocycles. The third-order valence-corrected chi connectivity index (χ3v) is 6.07. The first-order chi connectivity index (χ1) is 17.3. The van der Waals surface area contributed by atoms with Crippen LogP contribution in [0.2, 0.25) is 10.0 Å². The Morgan fingerprint density at radius 2 is 1.64 bits per heavy atom. The van der Waals surface area contributed by atoms with Crippen molar-refractivity contribution in [2.45, 2.75) is 13.5 Å². The van der Waals surface area contributed by atoms with Crippen LogP contribution >= 0.6 is 23.2 Å². The van der Waals surface area contributed by atoms with Gasteiger partial charge in [-0.05, 0) is 54.5 Å². The molecule has 0 N–H and O–H groups in total. The van der Waals surface area contributed by atoms with Crippen molar-refractivity contribution in [3.05, 3.63) is 105 Å². The Bertz CT molecular complexity index is 1360. The van der Waals surface area contributed by atoms with E-state index in [0.29, 0.717) is 45.1 Å². The number of hydrogen-bond donors (Lipinski definition) is 0. The van der Waals surface area contributed by atoms with E-state index >= 15 is 0 Å². The molecule has 8 heteroatoms. The monoisotopic (exact) mass is 523 g/mol. The summed E-state index contributed by atoms with van der Waals surface area (Å²) in [6, 6.07) is 19.8. The quantitative estimate of drug-likeness (QED) is 0.262. The number of ether oxygens (including phenoxy) is 3. The minimum atomic E-state index is -0.627. The Labute approximate surface area is 219 Å². The lowest BCUT2D eigenvalue weighted by molar-refractivity contribution is -0.136. The summed E-state index contributed by atoms with van der Waals surface area (Å²) >= 11 is 12.3. The molecule has 1 aliphatic rings. The first-order valence-corrected chi connectivity index (χ1v) is 11.7. The van der Waals surface area contributed by atoms with E-state index in [1.807, 2.05) is 30.3 Å². The van der Waals surface area contributed by atoms with Crippen LogP contribution < -0.4 is 14.4 Å². The standard InChI is InChI=1S/C28H23Cl2NO5/c1-17-26(28(33)35-3)23(27(32)31(17)22-14-20(29)13-21(30)15-22)11-19-9-10-24(25(12-19)34-2)36-16-18-7-5-4-6-8-18/h4-15H,16H2,1-3H3/b23-11-. The highest BCUT2D eigenvalue weighted by Gasteiger charge is 2.38. The Kier molecular flexibility index (Phi) is 7.67. The number of benzene rings is 3. The molecule has 0 fully saturated rings. The SMILES string of the molecule is COC(=O)C1=C(C)N(c2cc(Cl)cc(Cl)c2)C(=O)/C1=C\c1ccc(OCc2ccccc2)c(OC)c1. The largest absolute Gasteiger partial charge is 0.493 e. The van der Waals surface area contributed by atoms with Gasteiger partial charge in [0.2, 0.25) is 0 Å². The summed E-state index contributed by atoms with van der Waals surface area (Å²) < 4.78 is 16.4. The second-order valence-electron chi connectivity index (χ2n) is 7.96. The minimum absolute atomic E-state index is 0.155. The molecule has 0 radical (unpaired) electrons. The molecule has 0 aromatic heterocycles. The van der Waals surface area contributed by atoms with Crippen LogP contribution in [0.1, 0.15) is 18.1 Å². The van der Waals surface area contributed by atoms with Crippen LogP contribution in [0.15, 0.2) is 83.6 Å². The van der Waals surface area contributed by atoms with Gasteiger partial charge in [0.25, 0.3) is 5.91 Å². The average molecular weight is 524 g/mol. The van der Waals surface area contributed by atoms with Crippen molar-refractivity contribution in [2.24, 2.45) is 0 Å². The number of rotatable bonds is 7. The molecule has 0 atom stereocenters. The molecule has 0 saturated carbocycles. The van der Waals surface area contributed by atoms with Crippen molar-refractivity contribution in [2.75, 3.05) is 19.1 Å². The van der Waals surface area contributed by atoms with E-state index in [9.17, 15) is 9.59 Å². The number of carbonyl (C=O) groups is 2. The van der Waals surface area contributed by atoms with Crippen molar-refractivity contribution in [3.8, 4) is 11.5 Å². The molecule has 3 aromatic rings. The number of hydrogen-bond acceptors (Lipinski definition) is 5. The van der Waals surface area contributed by atoms with Crippen LogP contribution in [0.3, 0.4) is 0 Å². The lowest BCUT2D eigenvalue weighted by atomic mass is 10.0. The highest BCUT2D eigenvalue weighted by Crippen LogP contribution is 2.38. The molecule has 0 unspecified atom stereocenters. The number of nitrogens with zero attached hydrogens (tertiary/aromatic N) is 1. The molecule has 0 spiro atoms. The fraction of sp³-hybridized carbons (Fsp3) is 0.143. The summed E-state index contributed by atoms with van der Waals surface area (Å²) in [7, 11) is 2.81. The van der Waals surface area contributed by atoms with Crippen LogP contribution in [-0.2, 0) is 20.9 Å². The molecule has 6 nitrogen and oxygen atoms in total. The molecule has 1 amide bonds. The summed E-state index contributed by atoms with van der Waals surface area (Å²) in [5.41, 5.74) is 2.85. The van der Waals surface area contributed by atoms with Crippen LogP contribution in [0, 0.1) is 0 Å². The van der Waals surface area contributed by atoms with E-state index in [1.54, 1.807) is 49.4 Å². The van der Waals surface area contributed by atoms with E-state index in [0.717, 1.165) is 5.56 Å². The molecular formula is C28H23Cl2NO5. The maximum Gasteiger partial charge on any atom is 0.340 e. The summed E-state index contributed by atoms with van der Waals surface area (Å²) in [6.45, 7) is 2.04. The predicted molar refractivity (Wildman–Crippen MR) is 140 cm³/mol. The molecule has 0 saturated heterocycles. The van der Waals surface area contributed by atoms with Gasteiger partial charge >= 0.3 is 5.97 Å². The topological polar surface area (TPSA) is 65.1 Å². The van der Waals surface area contributed by atoms with Crippen molar-refractivity contribution in [1.82, 2.24) is 0 Å². The fourth-order valence-corrected chi connectivity index (χ4v) is 4.47. The molecule has 184 valence electrons. The van der Waals surface area contributed by atoms with Gasteiger partial charge in [-0.3, -0.25) is 9.69 Å². The number of esters is 1. The second kappa shape index (κ2) is 10.9. The number of amides is 1. The third kappa shape index (κ3) is 5.25. The minimum Gasteiger partial charge on any atom is -0.493 e. The predicted octanol–water partition coefficient (Wildman–Crippen LogP) is 6.46. The number of halogens is 2. The number of anilines is 1. The molecule has 0 aliphatic carbocycles. The van der Waals surface area contributed by atoms with E-state index in [-0.39, 0.29) is 11.1 Å². The van der Waals surface area contributed by atoms with Gasteiger partial charge in [-0.1, -0.05) is 59.6 Å². The fourth-order valence-electron chi connectivity index (χ4n) is 3.95. The first-order valence-electron chi connectivity index (χ1n) is 11.0. The summed E-state index contributed by atoms with van der Waals surface area (Å²) in [4.78, 5) is 27.6. The van der Waals surface area contributed by atoms with Crippen LogP contribution in [0.25, 0.3) is 6.08 Å². The number of carbonyl (C=O) groups excluding carboxylic acids is 2. The summed E-state index contributed by atoms with van der Waals surface area (Å²) in [5.74, 6) is 0.00740. The van der Waals surface area contributed by atoms with Crippen LogP contribution in [0.5, 0.6) is 11.5 Å². The van der Waals surface area contributed by atoms with Gasteiger partial charge < -0.3 is 14.2 Å². The third-order valence-electron chi connectivity index (χ3n) is 5.63. The van der Waals surface area contributed by atoms with Crippen LogP contribution in [-0.4, -0.2) is 26.1 Å². The normalized spacial score (nSPS) is 14.4. The molecular weight excluding hydrogens is 501 g/mol. The molecule has 1 heterocycles. The maximum absolute atomic E-state index is 13.5. The summed E-state index contributed by atoms with van der Waals surface area (Å²) in [6.07, 6.45) is 1.62. The first kappa shape index (κ1) is 25.4. The summed E-state index contributed by atoms with van der Waals surface area (Å²) in [5, 5.41) is 0.733. The highest BCUT2D eigenvalue weighted by atomic mass is 35.5. The second-order valence-corrected chi connectivity index (χ2v) is 8.84. The lowest BCUT2D eigenvalue weighted by Gasteiger charge is -2.18. The molecule has 0 bridgehead atoms. The van der Waals surface area contributed by atoms with Crippen molar-refractivity contribution in [1.29, 1.82) is 0 Å². The van der Waals surface area contributed by atoms with Crippen molar-refractivity contribution in [3.63, 3.8) is 0 Å². The van der Waals surface area contributed by atoms with E-state index in [1.165, 1.54) is 19.1 Å². The highest BCUT2D eigenvalue weighted by molar-refractivity contribution is 6.35. The number of methoxy groups -OCH3 is 2. The van der Waals surface area contributed by atoms with Crippen LogP contribution in [0.4, 0.5) is 5.69 Å². The zero-order chi connectivity index (χ0) is 25.8. The smallest absolute Gasteiger partial charge is 0.340 e. The Morgan fingerprint density at radius 1 is 0.944 bits per heavy atom. The average Bonchev–Trinajstić information content (AvgIpc) is 3.11. The Morgan fingerprint density at radius 3 is 2.28 bits per heavy atom. The Hall–Kier alpha value is -3.74. The molecule has 4 rings (SSSR count). The van der Waals surface area contributed by atoms with Gasteiger partial charge in [0.15, 0.2) is 11.5 Å². The van der Waals surface area contributed by atoms with E-state index in [2.05, 4.69) is 0 Å². The van der Waals surface area contributed by atoms with E-state index in [4.69, 9.17) is 37.4 Å². The van der Waals surface area contributed by atoms with Crippen molar-refractivity contribution >= 4 is 46.8 Å². The van der Waals surface area contributed by atoms with Gasteiger partial charge in [0, 0.05) is 15.7 Å². The van der Waals surface area contributed by atoms with Gasteiger partial charge in [0.05, 0.1) is 31.1 Å². The zero-order valence-electron chi connectivity index (χ0n) is 19.9. The van der Waals surface area contributed by atoms with E-state index < -0.39 is 11.9 Å². The van der Waals surface area contributed by atoms with Crippen molar-refractivity contribution < 1.29 is 23.8 Å². The zero-order valence-corrected chi connectivity index (χ0v) is 21.4. The number of allylic oxidation sites excluding steroid dienone is 1. The molecule has 36 heavy (non-hydrogen) atoms.